The van der Waals surface area contributed by atoms with E-state index in [2.05, 4.69) is 4.72 Å². The molecule has 0 bridgehead atoms. The Bertz CT molecular complexity index is 1370. The highest BCUT2D eigenvalue weighted by atomic mass is 32.2. The normalized spacial score (nSPS) is 11.9. The Labute approximate surface area is 216 Å². The number of hydrogen-bond donors (Lipinski definition) is 1. The molecular formula is C26H27NO6S3. The number of sulfone groups is 2. The van der Waals surface area contributed by atoms with E-state index in [-0.39, 0.29) is 21.3 Å². The van der Waals surface area contributed by atoms with E-state index < -0.39 is 42.9 Å². The van der Waals surface area contributed by atoms with Crippen LogP contribution in [0.2, 0.25) is 0 Å². The first-order valence-electron chi connectivity index (χ1n) is 11.0. The van der Waals surface area contributed by atoms with Crippen LogP contribution in [-0.2, 0) is 19.7 Å². The van der Waals surface area contributed by atoms with Crippen LogP contribution >= 0.6 is 11.9 Å². The summed E-state index contributed by atoms with van der Waals surface area (Å²) in [5, 5.41) is 0. The molecule has 3 rings (SSSR count). The number of rotatable bonds is 10. The van der Waals surface area contributed by atoms with E-state index in [1.807, 2.05) is 13.8 Å². The van der Waals surface area contributed by atoms with Crippen LogP contribution in [0, 0.1) is 19.8 Å². The molecule has 0 aliphatic carbocycles. The Hall–Kier alpha value is -2.95. The van der Waals surface area contributed by atoms with Gasteiger partial charge in [0.1, 0.15) is 0 Å². The predicted molar refractivity (Wildman–Crippen MR) is 142 cm³/mol. The van der Waals surface area contributed by atoms with Crippen molar-refractivity contribution in [3.8, 4) is 0 Å². The highest BCUT2D eigenvalue weighted by molar-refractivity contribution is 7.97. The zero-order valence-electron chi connectivity index (χ0n) is 20.1. The third-order valence-electron chi connectivity index (χ3n) is 5.60. The molecule has 0 radical (unpaired) electrons. The van der Waals surface area contributed by atoms with Gasteiger partial charge in [0.25, 0.3) is 5.91 Å². The summed E-state index contributed by atoms with van der Waals surface area (Å²) in [7, 11) is -7.94. The number of carbonyl (C=O) groups excluding carboxylic acids is 2. The largest absolute Gasteiger partial charge is 0.296 e. The molecule has 36 heavy (non-hydrogen) atoms. The fraction of sp³-hybridized carbons (Fsp3) is 0.231. The summed E-state index contributed by atoms with van der Waals surface area (Å²) in [6.07, 6.45) is 1.70. The van der Waals surface area contributed by atoms with Crippen molar-refractivity contribution in [3.63, 3.8) is 0 Å². The molecule has 10 heteroatoms. The van der Waals surface area contributed by atoms with Crippen LogP contribution in [0.15, 0.2) is 82.6 Å². The quantitative estimate of drug-likeness (QED) is 0.302. The molecule has 0 atom stereocenters. The fourth-order valence-corrected chi connectivity index (χ4v) is 7.12. The average molecular weight is 546 g/mol. The van der Waals surface area contributed by atoms with Crippen LogP contribution in [-0.4, -0.2) is 46.3 Å². The number of aryl methyl sites for hydroxylation is 2. The molecule has 0 saturated carbocycles. The fourth-order valence-electron chi connectivity index (χ4n) is 3.59. The van der Waals surface area contributed by atoms with Gasteiger partial charge in [-0.2, -0.15) is 0 Å². The Morgan fingerprint density at radius 1 is 0.694 bits per heavy atom. The van der Waals surface area contributed by atoms with Gasteiger partial charge in [0, 0.05) is 17.4 Å². The lowest BCUT2D eigenvalue weighted by molar-refractivity contribution is 0.0939. The van der Waals surface area contributed by atoms with E-state index >= 15 is 0 Å². The number of hydrogen-bond acceptors (Lipinski definition) is 7. The van der Waals surface area contributed by atoms with E-state index in [0.717, 1.165) is 23.1 Å². The Kier molecular flexibility index (Phi) is 8.76. The van der Waals surface area contributed by atoms with Gasteiger partial charge < -0.3 is 0 Å². The summed E-state index contributed by atoms with van der Waals surface area (Å²) in [5.41, 5.74) is 2.18. The number of nitrogens with one attached hydrogen (secondary N) is 1. The maximum absolute atomic E-state index is 13.4. The van der Waals surface area contributed by atoms with E-state index in [0.29, 0.717) is 5.56 Å². The van der Waals surface area contributed by atoms with Gasteiger partial charge in [-0.1, -0.05) is 59.5 Å². The summed E-state index contributed by atoms with van der Waals surface area (Å²) in [6, 6.07) is 18.0. The number of ketones is 1. The molecule has 0 aromatic heterocycles. The Morgan fingerprint density at radius 2 is 1.08 bits per heavy atom. The highest BCUT2D eigenvalue weighted by Crippen LogP contribution is 2.23. The molecule has 0 spiro atoms. The van der Waals surface area contributed by atoms with Gasteiger partial charge in [-0.15, -0.1) is 0 Å². The van der Waals surface area contributed by atoms with Crippen LogP contribution in [0.25, 0.3) is 0 Å². The van der Waals surface area contributed by atoms with Gasteiger partial charge in [0.2, 0.25) is 0 Å². The minimum Gasteiger partial charge on any atom is -0.296 e. The molecule has 1 amide bonds. The van der Waals surface area contributed by atoms with Gasteiger partial charge in [-0.3, -0.25) is 14.3 Å². The summed E-state index contributed by atoms with van der Waals surface area (Å²) in [5.74, 6) is -3.67. The molecule has 190 valence electrons. The number of amides is 1. The van der Waals surface area contributed by atoms with Crippen LogP contribution in [0.1, 0.15) is 31.8 Å². The number of Topliss-reactive ketones (excluding diaryl/α,β-unsaturated/α-hetero) is 1. The predicted octanol–water partition coefficient (Wildman–Crippen LogP) is 4.06. The average Bonchev–Trinajstić information content (AvgIpc) is 2.83. The molecular weight excluding hydrogens is 518 g/mol. The summed E-state index contributed by atoms with van der Waals surface area (Å²) in [6.45, 7) is 3.64. The lowest BCUT2D eigenvalue weighted by atomic mass is 9.99. The van der Waals surface area contributed by atoms with Gasteiger partial charge in [0.15, 0.2) is 25.5 Å². The highest BCUT2D eigenvalue weighted by Gasteiger charge is 2.32. The maximum Gasteiger partial charge on any atom is 0.261 e. The molecule has 0 aliphatic heterocycles. The van der Waals surface area contributed by atoms with Crippen molar-refractivity contribution in [3.05, 3.63) is 95.1 Å². The first-order chi connectivity index (χ1) is 16.9. The topological polar surface area (TPSA) is 114 Å². The molecule has 0 saturated heterocycles. The van der Waals surface area contributed by atoms with Crippen molar-refractivity contribution in [1.29, 1.82) is 0 Å². The third-order valence-corrected chi connectivity index (χ3v) is 9.65. The Morgan fingerprint density at radius 3 is 1.47 bits per heavy atom. The second-order valence-corrected chi connectivity index (χ2v) is 13.1. The SMILES string of the molecule is CSNC(=O)c1ccc(C(=O)C(CS(=O)(=O)c2ccc(C)cc2)CS(=O)(=O)c2ccc(C)cc2)cc1. The number of carbonyl (C=O) groups is 2. The second kappa shape index (κ2) is 11.4. The van der Waals surface area contributed by atoms with Gasteiger partial charge in [-0.25, -0.2) is 16.8 Å². The van der Waals surface area contributed by atoms with Crippen LogP contribution in [0.4, 0.5) is 0 Å². The molecule has 3 aromatic rings. The van der Waals surface area contributed by atoms with Crippen molar-refractivity contribution in [2.45, 2.75) is 23.6 Å². The van der Waals surface area contributed by atoms with Crippen molar-refractivity contribution in [2.24, 2.45) is 5.92 Å². The van der Waals surface area contributed by atoms with E-state index in [1.165, 1.54) is 48.5 Å². The zero-order chi connectivity index (χ0) is 26.5. The molecule has 0 heterocycles. The second-order valence-electron chi connectivity index (χ2n) is 8.46. The van der Waals surface area contributed by atoms with Crippen LogP contribution in [0.5, 0.6) is 0 Å². The molecule has 1 N–H and O–H groups in total. The van der Waals surface area contributed by atoms with Crippen LogP contribution < -0.4 is 4.72 Å². The summed E-state index contributed by atoms with van der Waals surface area (Å²) < 4.78 is 55.3. The van der Waals surface area contributed by atoms with Crippen molar-refractivity contribution >= 4 is 43.3 Å². The maximum atomic E-state index is 13.4. The lowest BCUT2D eigenvalue weighted by Gasteiger charge is -2.17. The van der Waals surface area contributed by atoms with Gasteiger partial charge in [0.05, 0.1) is 27.2 Å². The van der Waals surface area contributed by atoms with Gasteiger partial charge in [-0.05, 0) is 50.2 Å². The minimum absolute atomic E-state index is 0.0164. The molecule has 7 nitrogen and oxygen atoms in total. The van der Waals surface area contributed by atoms with Crippen molar-refractivity contribution in [2.75, 3.05) is 17.8 Å². The van der Waals surface area contributed by atoms with E-state index in [9.17, 15) is 26.4 Å². The molecule has 0 aliphatic rings. The van der Waals surface area contributed by atoms with E-state index in [1.54, 1.807) is 30.5 Å². The van der Waals surface area contributed by atoms with Gasteiger partial charge >= 0.3 is 0 Å². The van der Waals surface area contributed by atoms with E-state index in [4.69, 9.17) is 0 Å². The lowest BCUT2D eigenvalue weighted by Crippen LogP contribution is -2.31. The minimum atomic E-state index is -3.97. The summed E-state index contributed by atoms with van der Waals surface area (Å²) in [4.78, 5) is 25.5. The molecule has 3 aromatic carbocycles. The smallest absolute Gasteiger partial charge is 0.261 e. The zero-order valence-corrected chi connectivity index (χ0v) is 22.5. The van der Waals surface area contributed by atoms with Crippen LogP contribution in [0.3, 0.4) is 0 Å². The third kappa shape index (κ3) is 6.83. The number of benzene rings is 3. The van der Waals surface area contributed by atoms with Crippen molar-refractivity contribution < 1.29 is 26.4 Å². The standard InChI is InChI=1S/C26H27NO6S3/c1-18-4-12-23(13-5-18)35(30,31)16-22(17-36(32,33)24-14-6-19(2)7-15-24)25(28)20-8-10-21(11-9-20)26(29)27-34-3/h4-15,22H,16-17H2,1-3H3,(H,27,29). The summed E-state index contributed by atoms with van der Waals surface area (Å²) >= 11 is 1.13. The Balaban J connectivity index is 1.97. The first kappa shape index (κ1) is 27.6. The monoisotopic (exact) mass is 545 g/mol. The van der Waals surface area contributed by atoms with Crippen molar-refractivity contribution in [1.82, 2.24) is 4.72 Å². The molecule has 0 unspecified atom stereocenters. The molecule has 0 fully saturated rings. The first-order valence-corrected chi connectivity index (χ1v) is 15.5.